The standard InChI is InChI=1S/C17H13Cl2NO3/c1-10(21)8-16(22)20-15-7-6-11(18)9-13(15)17(23)12-4-2-3-5-14(12)19/h2-7,9H,8H2,1H3,(H,20,22). The zero-order chi connectivity index (χ0) is 17.0. The van der Waals surface area contributed by atoms with E-state index in [0.717, 1.165) is 0 Å². The molecule has 2 rings (SSSR count). The van der Waals surface area contributed by atoms with Crippen LogP contribution in [0.1, 0.15) is 29.3 Å². The van der Waals surface area contributed by atoms with Crippen LogP contribution in [0.3, 0.4) is 0 Å². The number of carbonyl (C=O) groups is 3. The number of hydrogen-bond acceptors (Lipinski definition) is 3. The Morgan fingerprint density at radius 2 is 1.70 bits per heavy atom. The first-order valence-electron chi connectivity index (χ1n) is 6.76. The average Bonchev–Trinajstić information content (AvgIpc) is 2.48. The second-order valence-corrected chi connectivity index (χ2v) is 5.77. The second-order valence-electron chi connectivity index (χ2n) is 4.93. The number of Topliss-reactive ketones (excluding diaryl/α,β-unsaturated/α-hetero) is 1. The summed E-state index contributed by atoms with van der Waals surface area (Å²) in [4.78, 5) is 35.5. The van der Waals surface area contributed by atoms with E-state index < -0.39 is 5.91 Å². The van der Waals surface area contributed by atoms with E-state index in [4.69, 9.17) is 23.2 Å². The molecule has 0 saturated heterocycles. The highest BCUT2D eigenvalue weighted by Crippen LogP contribution is 2.26. The van der Waals surface area contributed by atoms with Gasteiger partial charge in [-0.3, -0.25) is 14.4 Å². The molecule has 0 atom stereocenters. The van der Waals surface area contributed by atoms with Gasteiger partial charge in [0.2, 0.25) is 5.91 Å². The number of anilines is 1. The van der Waals surface area contributed by atoms with Crippen LogP contribution in [0.2, 0.25) is 10.0 Å². The molecule has 1 amide bonds. The SMILES string of the molecule is CC(=O)CC(=O)Nc1ccc(Cl)cc1C(=O)c1ccccc1Cl. The molecule has 0 saturated carbocycles. The lowest BCUT2D eigenvalue weighted by Gasteiger charge is -2.11. The molecule has 4 nitrogen and oxygen atoms in total. The third-order valence-corrected chi connectivity index (χ3v) is 3.59. The average molecular weight is 350 g/mol. The molecule has 0 unspecified atom stereocenters. The molecule has 0 aliphatic heterocycles. The van der Waals surface area contributed by atoms with Crippen molar-refractivity contribution >= 4 is 46.4 Å². The summed E-state index contributed by atoms with van der Waals surface area (Å²) in [6.07, 6.45) is -0.262. The van der Waals surface area contributed by atoms with E-state index in [1.807, 2.05) is 0 Å². The highest BCUT2D eigenvalue weighted by Gasteiger charge is 2.18. The maximum Gasteiger partial charge on any atom is 0.231 e. The highest BCUT2D eigenvalue weighted by molar-refractivity contribution is 6.36. The monoisotopic (exact) mass is 349 g/mol. The lowest BCUT2D eigenvalue weighted by molar-refractivity contribution is -0.124. The van der Waals surface area contributed by atoms with Crippen LogP contribution in [-0.2, 0) is 9.59 Å². The summed E-state index contributed by atoms with van der Waals surface area (Å²) in [7, 11) is 0. The molecule has 0 bridgehead atoms. The number of hydrogen-bond donors (Lipinski definition) is 1. The van der Waals surface area contributed by atoms with Crippen LogP contribution in [0.5, 0.6) is 0 Å². The third kappa shape index (κ3) is 4.41. The maximum absolute atomic E-state index is 12.7. The van der Waals surface area contributed by atoms with Gasteiger partial charge in [-0.15, -0.1) is 0 Å². The summed E-state index contributed by atoms with van der Waals surface area (Å²) in [5.41, 5.74) is 0.798. The molecular formula is C17H13Cl2NO3. The minimum absolute atomic E-state index is 0.211. The summed E-state index contributed by atoms with van der Waals surface area (Å²) in [6.45, 7) is 1.32. The number of halogens is 2. The maximum atomic E-state index is 12.7. The lowest BCUT2D eigenvalue weighted by Crippen LogP contribution is -2.17. The fourth-order valence-electron chi connectivity index (χ4n) is 2.02. The molecule has 0 fully saturated rings. The Kier molecular flexibility index (Phi) is 5.53. The van der Waals surface area contributed by atoms with E-state index in [1.54, 1.807) is 30.3 Å². The molecule has 23 heavy (non-hydrogen) atoms. The van der Waals surface area contributed by atoms with Crippen LogP contribution in [0.4, 0.5) is 5.69 Å². The largest absolute Gasteiger partial charge is 0.325 e. The molecule has 1 N–H and O–H groups in total. The predicted octanol–water partition coefficient (Wildman–Crippen LogP) is 4.14. The van der Waals surface area contributed by atoms with E-state index in [0.29, 0.717) is 15.6 Å². The quantitative estimate of drug-likeness (QED) is 0.651. The van der Waals surface area contributed by atoms with E-state index >= 15 is 0 Å². The van der Waals surface area contributed by atoms with Crippen LogP contribution < -0.4 is 5.32 Å². The van der Waals surface area contributed by atoms with Gasteiger partial charge in [0.05, 0.1) is 17.1 Å². The van der Waals surface area contributed by atoms with Crippen molar-refractivity contribution in [1.82, 2.24) is 0 Å². The number of rotatable bonds is 5. The van der Waals surface area contributed by atoms with Gasteiger partial charge < -0.3 is 5.32 Å². The van der Waals surface area contributed by atoms with Gasteiger partial charge >= 0.3 is 0 Å². The van der Waals surface area contributed by atoms with Crippen LogP contribution >= 0.6 is 23.2 Å². The summed E-state index contributed by atoms with van der Waals surface area (Å²) in [6, 6.07) is 11.1. The van der Waals surface area contributed by atoms with Crippen molar-refractivity contribution in [3.8, 4) is 0 Å². The molecule has 2 aromatic carbocycles. The fraction of sp³-hybridized carbons (Fsp3) is 0.118. The molecule has 6 heteroatoms. The molecule has 0 radical (unpaired) electrons. The smallest absolute Gasteiger partial charge is 0.231 e. The van der Waals surface area contributed by atoms with Crippen molar-refractivity contribution < 1.29 is 14.4 Å². The molecule has 0 aromatic heterocycles. The minimum Gasteiger partial charge on any atom is -0.325 e. The first-order valence-corrected chi connectivity index (χ1v) is 7.52. The van der Waals surface area contributed by atoms with Crippen molar-refractivity contribution in [2.45, 2.75) is 13.3 Å². The Hall–Kier alpha value is -2.17. The van der Waals surface area contributed by atoms with E-state index in [1.165, 1.54) is 19.1 Å². The minimum atomic E-state index is -0.493. The molecule has 0 spiro atoms. The topological polar surface area (TPSA) is 63.2 Å². The Balaban J connectivity index is 2.39. The van der Waals surface area contributed by atoms with Crippen molar-refractivity contribution in [1.29, 1.82) is 0 Å². The Morgan fingerprint density at radius 3 is 2.35 bits per heavy atom. The number of benzene rings is 2. The van der Waals surface area contributed by atoms with Gasteiger partial charge in [0.1, 0.15) is 5.78 Å². The van der Waals surface area contributed by atoms with Gasteiger partial charge in [0, 0.05) is 16.1 Å². The van der Waals surface area contributed by atoms with Gasteiger partial charge in [0.25, 0.3) is 0 Å². The molecule has 0 aliphatic carbocycles. The lowest BCUT2D eigenvalue weighted by atomic mass is 10.0. The summed E-state index contributed by atoms with van der Waals surface area (Å²) >= 11 is 12.0. The van der Waals surface area contributed by atoms with Gasteiger partial charge in [-0.05, 0) is 37.3 Å². The van der Waals surface area contributed by atoms with Crippen LogP contribution in [0.25, 0.3) is 0 Å². The van der Waals surface area contributed by atoms with Gasteiger partial charge in [-0.2, -0.15) is 0 Å². The normalized spacial score (nSPS) is 10.2. The van der Waals surface area contributed by atoms with Crippen molar-refractivity contribution in [2.75, 3.05) is 5.32 Å². The van der Waals surface area contributed by atoms with Crippen LogP contribution in [-0.4, -0.2) is 17.5 Å². The van der Waals surface area contributed by atoms with Gasteiger partial charge in [0.15, 0.2) is 5.78 Å². The number of amides is 1. The summed E-state index contributed by atoms with van der Waals surface area (Å²) < 4.78 is 0. The Bertz CT molecular complexity index is 787. The number of nitrogens with one attached hydrogen (secondary N) is 1. The second kappa shape index (κ2) is 7.40. The number of carbonyl (C=O) groups excluding carboxylic acids is 3. The molecule has 118 valence electrons. The van der Waals surface area contributed by atoms with Gasteiger partial charge in [-0.25, -0.2) is 0 Å². The molecular weight excluding hydrogens is 337 g/mol. The molecule has 0 heterocycles. The van der Waals surface area contributed by atoms with E-state index in [9.17, 15) is 14.4 Å². The first kappa shape index (κ1) is 17.2. The zero-order valence-electron chi connectivity index (χ0n) is 12.2. The van der Waals surface area contributed by atoms with E-state index in [2.05, 4.69) is 5.32 Å². The number of ketones is 2. The predicted molar refractivity (Wildman–Crippen MR) is 90.3 cm³/mol. The molecule has 0 aliphatic rings. The highest BCUT2D eigenvalue weighted by atomic mass is 35.5. The van der Waals surface area contributed by atoms with Gasteiger partial charge in [-0.1, -0.05) is 35.3 Å². The first-order chi connectivity index (χ1) is 10.9. The van der Waals surface area contributed by atoms with Crippen molar-refractivity contribution in [3.63, 3.8) is 0 Å². The van der Waals surface area contributed by atoms with Crippen molar-refractivity contribution in [2.24, 2.45) is 0 Å². The van der Waals surface area contributed by atoms with Crippen LogP contribution in [0.15, 0.2) is 42.5 Å². The van der Waals surface area contributed by atoms with Crippen LogP contribution in [0, 0.1) is 0 Å². The summed E-state index contributed by atoms with van der Waals surface area (Å²) in [5, 5.41) is 3.21. The van der Waals surface area contributed by atoms with Crippen molar-refractivity contribution in [3.05, 3.63) is 63.6 Å². The Labute approximate surface area is 143 Å². The summed E-state index contributed by atoms with van der Waals surface area (Å²) in [5.74, 6) is -1.13. The Morgan fingerprint density at radius 1 is 1.00 bits per heavy atom. The third-order valence-electron chi connectivity index (χ3n) is 3.03. The fourth-order valence-corrected chi connectivity index (χ4v) is 2.42. The molecule has 2 aromatic rings. The van der Waals surface area contributed by atoms with E-state index in [-0.39, 0.29) is 29.2 Å². The zero-order valence-corrected chi connectivity index (χ0v) is 13.7.